The smallest absolute Gasteiger partial charge is 0.185 e. The van der Waals surface area contributed by atoms with Crippen LogP contribution in [-0.4, -0.2) is 10.8 Å². The molecule has 1 aromatic heterocycles. The van der Waals surface area contributed by atoms with Crippen molar-refractivity contribution in [1.82, 2.24) is 10.4 Å². The minimum absolute atomic E-state index is 0.280. The summed E-state index contributed by atoms with van der Waals surface area (Å²) >= 11 is 0. The maximum Gasteiger partial charge on any atom is 0.185 e. The Morgan fingerprint density at radius 1 is 1.36 bits per heavy atom. The molecule has 1 aliphatic heterocycles. The first-order valence-electron chi connectivity index (χ1n) is 4.75. The first-order chi connectivity index (χ1) is 6.69. The highest BCUT2D eigenvalue weighted by Crippen LogP contribution is 2.47. The second-order valence-corrected chi connectivity index (χ2v) is 4.21. The lowest BCUT2D eigenvalue weighted by atomic mass is 10.0. The van der Waals surface area contributed by atoms with E-state index in [-0.39, 0.29) is 5.41 Å². The number of nitrogens with two attached hydrogens (primary N) is 1. The zero-order valence-electron chi connectivity index (χ0n) is 7.99. The monoisotopic (exact) mass is 187 g/mol. The van der Waals surface area contributed by atoms with Crippen LogP contribution in [0.2, 0.25) is 0 Å². The first-order valence-corrected chi connectivity index (χ1v) is 4.75. The van der Waals surface area contributed by atoms with Gasteiger partial charge >= 0.3 is 0 Å². The summed E-state index contributed by atoms with van der Waals surface area (Å²) in [6.07, 6.45) is 2.43. The summed E-state index contributed by atoms with van der Waals surface area (Å²) in [5, 5.41) is 3.80. The van der Waals surface area contributed by atoms with Crippen LogP contribution in [0.1, 0.15) is 31.0 Å². The fourth-order valence-electron chi connectivity index (χ4n) is 1.66. The van der Waals surface area contributed by atoms with E-state index >= 15 is 0 Å². The maximum absolute atomic E-state index is 5.64. The fraction of sp³-hybridized carbons (Fsp3) is 0.400. The molecule has 0 spiro atoms. The second kappa shape index (κ2) is 2.26. The van der Waals surface area contributed by atoms with Gasteiger partial charge in [-0.3, -0.25) is 0 Å². The van der Waals surface area contributed by atoms with Gasteiger partial charge in [0.1, 0.15) is 0 Å². The Hall–Kier alpha value is -1.58. The van der Waals surface area contributed by atoms with Crippen LogP contribution in [0.25, 0.3) is 0 Å². The van der Waals surface area contributed by atoms with Gasteiger partial charge in [-0.25, -0.2) is 4.98 Å². The molecule has 71 valence electrons. The van der Waals surface area contributed by atoms with Crippen molar-refractivity contribution >= 4 is 11.7 Å². The molecule has 2 aliphatic rings. The van der Waals surface area contributed by atoms with E-state index in [1.54, 1.807) is 0 Å². The second-order valence-electron chi connectivity index (χ2n) is 4.21. The molecule has 0 amide bonds. The zero-order chi connectivity index (χ0) is 9.76. The molecular formula is C10H11N4. The molecular weight excluding hydrogens is 176 g/mol. The highest BCUT2D eigenvalue weighted by molar-refractivity contribution is 6.03. The Kier molecular flexibility index (Phi) is 1.26. The van der Waals surface area contributed by atoms with Crippen molar-refractivity contribution in [3.05, 3.63) is 23.4 Å². The lowest BCUT2D eigenvalue weighted by Gasteiger charge is -2.08. The molecule has 4 nitrogen and oxygen atoms in total. The summed E-state index contributed by atoms with van der Waals surface area (Å²) in [4.78, 5) is 4.48. The van der Waals surface area contributed by atoms with Gasteiger partial charge in [0.2, 0.25) is 0 Å². The van der Waals surface area contributed by atoms with Crippen molar-refractivity contribution in [2.24, 2.45) is 10.8 Å². The quantitative estimate of drug-likeness (QED) is 0.712. The predicted molar refractivity (Wildman–Crippen MR) is 53.3 cm³/mol. The van der Waals surface area contributed by atoms with E-state index in [2.05, 4.69) is 22.4 Å². The van der Waals surface area contributed by atoms with Crippen LogP contribution in [0.4, 0.5) is 5.82 Å². The third kappa shape index (κ3) is 0.937. The molecule has 2 heterocycles. The third-order valence-electron chi connectivity index (χ3n) is 3.02. The SMILES string of the molecule is CC1(c2ccc3c(n2)[N]N=C3N)CC1. The van der Waals surface area contributed by atoms with E-state index in [1.165, 1.54) is 12.8 Å². The Bertz CT molecular complexity index is 432. The molecule has 1 aliphatic carbocycles. The fourth-order valence-corrected chi connectivity index (χ4v) is 1.66. The molecule has 3 rings (SSSR count). The van der Waals surface area contributed by atoms with Crippen molar-refractivity contribution in [1.29, 1.82) is 0 Å². The number of rotatable bonds is 1. The maximum atomic E-state index is 5.64. The van der Waals surface area contributed by atoms with Crippen LogP contribution in [0.3, 0.4) is 0 Å². The van der Waals surface area contributed by atoms with Crippen LogP contribution >= 0.6 is 0 Å². The molecule has 1 fully saturated rings. The van der Waals surface area contributed by atoms with Crippen LogP contribution < -0.4 is 11.2 Å². The number of aromatic nitrogens is 1. The lowest BCUT2D eigenvalue weighted by molar-refractivity contribution is 0.743. The van der Waals surface area contributed by atoms with Crippen LogP contribution in [0, 0.1) is 0 Å². The van der Waals surface area contributed by atoms with Crippen LogP contribution in [0.5, 0.6) is 0 Å². The van der Waals surface area contributed by atoms with E-state index in [0.29, 0.717) is 11.7 Å². The van der Waals surface area contributed by atoms with Crippen LogP contribution in [-0.2, 0) is 5.41 Å². The van der Waals surface area contributed by atoms with Gasteiger partial charge < -0.3 is 5.73 Å². The molecule has 4 heteroatoms. The highest BCUT2D eigenvalue weighted by atomic mass is 15.4. The summed E-state index contributed by atoms with van der Waals surface area (Å²) in [6.45, 7) is 2.22. The van der Waals surface area contributed by atoms with Gasteiger partial charge in [0.15, 0.2) is 11.7 Å². The van der Waals surface area contributed by atoms with E-state index < -0.39 is 0 Å². The molecule has 1 aromatic rings. The number of fused-ring (bicyclic) bond motifs is 1. The van der Waals surface area contributed by atoms with Crippen molar-refractivity contribution in [2.75, 3.05) is 0 Å². The molecule has 2 N–H and O–H groups in total. The topological polar surface area (TPSA) is 65.4 Å². The van der Waals surface area contributed by atoms with E-state index in [9.17, 15) is 0 Å². The van der Waals surface area contributed by atoms with Gasteiger partial charge in [-0.05, 0) is 25.0 Å². The van der Waals surface area contributed by atoms with Gasteiger partial charge in [-0.2, -0.15) is 0 Å². The molecule has 1 radical (unpaired) electrons. The van der Waals surface area contributed by atoms with Gasteiger partial charge in [0.25, 0.3) is 0 Å². The standard InChI is InChI=1S/C10H11N4/c1-10(4-5-10)7-3-2-6-8(11)13-14-9(6)12-7/h2-3H,4-5H2,1H3,(H2,11,13). The number of hydrogen-bond donors (Lipinski definition) is 1. The van der Waals surface area contributed by atoms with Gasteiger partial charge in [-0.1, -0.05) is 6.92 Å². The third-order valence-corrected chi connectivity index (χ3v) is 3.02. The number of pyridine rings is 1. The largest absolute Gasteiger partial charge is 0.382 e. The normalized spacial score (nSPS) is 21.1. The minimum Gasteiger partial charge on any atom is -0.382 e. The molecule has 0 unspecified atom stereocenters. The molecule has 0 saturated heterocycles. The Balaban J connectivity index is 2.06. The average Bonchev–Trinajstić information content (AvgIpc) is 2.84. The summed E-state index contributed by atoms with van der Waals surface area (Å²) in [6, 6.07) is 4.01. The first kappa shape index (κ1) is 7.79. The van der Waals surface area contributed by atoms with E-state index in [4.69, 9.17) is 5.73 Å². The van der Waals surface area contributed by atoms with E-state index in [1.807, 2.05) is 12.1 Å². The molecule has 0 aromatic carbocycles. The predicted octanol–water partition coefficient (Wildman–Crippen LogP) is 1.00. The molecule has 0 atom stereocenters. The Labute approximate surface area is 82.2 Å². The van der Waals surface area contributed by atoms with Gasteiger partial charge in [0, 0.05) is 11.1 Å². The zero-order valence-corrected chi connectivity index (χ0v) is 7.99. The summed E-state index contributed by atoms with van der Waals surface area (Å²) in [5.41, 5.74) is 11.8. The summed E-state index contributed by atoms with van der Waals surface area (Å²) in [5.74, 6) is 1.15. The van der Waals surface area contributed by atoms with Crippen molar-refractivity contribution in [3.8, 4) is 0 Å². The number of nitrogens with zero attached hydrogens (tertiary/aromatic N) is 3. The Morgan fingerprint density at radius 3 is 2.86 bits per heavy atom. The van der Waals surface area contributed by atoms with Gasteiger partial charge in [-0.15, -0.1) is 10.5 Å². The highest BCUT2D eigenvalue weighted by Gasteiger charge is 2.41. The average molecular weight is 187 g/mol. The molecule has 0 bridgehead atoms. The van der Waals surface area contributed by atoms with Crippen molar-refractivity contribution in [3.63, 3.8) is 0 Å². The van der Waals surface area contributed by atoms with E-state index in [0.717, 1.165) is 11.3 Å². The molecule has 14 heavy (non-hydrogen) atoms. The summed E-state index contributed by atoms with van der Waals surface area (Å²) < 4.78 is 0. The van der Waals surface area contributed by atoms with Crippen LogP contribution in [0.15, 0.2) is 17.2 Å². The summed E-state index contributed by atoms with van der Waals surface area (Å²) in [7, 11) is 0. The van der Waals surface area contributed by atoms with Crippen molar-refractivity contribution in [2.45, 2.75) is 25.2 Å². The minimum atomic E-state index is 0.280. The van der Waals surface area contributed by atoms with Crippen molar-refractivity contribution < 1.29 is 0 Å². The van der Waals surface area contributed by atoms with Gasteiger partial charge in [0.05, 0.1) is 5.56 Å². The number of amidine groups is 1. The molecule has 1 saturated carbocycles. The number of hydrogen-bond acceptors (Lipinski definition) is 3. The lowest BCUT2D eigenvalue weighted by Crippen LogP contribution is -2.11. The Morgan fingerprint density at radius 2 is 2.14 bits per heavy atom.